The number of nitrogens with one attached hydrogen (secondary N) is 1. The van der Waals surface area contributed by atoms with Gasteiger partial charge in [-0.05, 0) is 25.8 Å². The Bertz CT molecular complexity index is 435. The summed E-state index contributed by atoms with van der Waals surface area (Å²) in [5.74, 6) is 0.221. The van der Waals surface area contributed by atoms with E-state index >= 15 is 0 Å². The Morgan fingerprint density at radius 3 is 2.43 bits per heavy atom. The second-order valence-electron chi connectivity index (χ2n) is 5.69. The minimum Gasteiger partial charge on any atom is -0.312 e. The Hall–Kier alpha value is -0.620. The zero-order chi connectivity index (χ0) is 15.3. The normalized spacial score (nSPS) is 17.9. The van der Waals surface area contributed by atoms with Crippen LogP contribution >= 0.6 is 11.3 Å². The number of hydrogen-bond donors (Lipinski definition) is 1. The van der Waals surface area contributed by atoms with E-state index in [4.69, 9.17) is 0 Å². The van der Waals surface area contributed by atoms with Crippen LogP contribution in [0.15, 0.2) is 0 Å². The molecule has 0 atom stereocenters. The van der Waals surface area contributed by atoms with Gasteiger partial charge in [-0.25, -0.2) is 4.98 Å². The van der Waals surface area contributed by atoms with Crippen molar-refractivity contribution in [3.8, 4) is 0 Å². The molecule has 0 aromatic carbocycles. The van der Waals surface area contributed by atoms with Crippen molar-refractivity contribution < 1.29 is 13.2 Å². The Balaban J connectivity index is 2.18. The van der Waals surface area contributed by atoms with Crippen LogP contribution in [0.4, 0.5) is 13.2 Å². The molecule has 1 fully saturated rings. The minimum absolute atomic E-state index is 0.221. The molecule has 1 N–H and O–H groups in total. The number of rotatable bonds is 5. The van der Waals surface area contributed by atoms with E-state index in [1.54, 1.807) is 0 Å². The van der Waals surface area contributed by atoms with Crippen LogP contribution in [0.25, 0.3) is 0 Å². The molecule has 0 amide bonds. The molecule has 6 heteroatoms. The highest BCUT2D eigenvalue weighted by Crippen LogP contribution is 2.39. The second-order valence-corrected chi connectivity index (χ2v) is 6.80. The number of aromatic nitrogens is 1. The predicted octanol–water partition coefficient (Wildman–Crippen LogP) is 5.10. The van der Waals surface area contributed by atoms with Crippen LogP contribution in [0, 0.1) is 0 Å². The number of hydrogen-bond acceptors (Lipinski definition) is 3. The van der Waals surface area contributed by atoms with Gasteiger partial charge in [-0.2, -0.15) is 13.2 Å². The summed E-state index contributed by atoms with van der Waals surface area (Å²) < 4.78 is 39.4. The minimum atomic E-state index is -4.34. The quantitative estimate of drug-likeness (QED) is 0.603. The molecule has 0 spiro atoms. The standard InChI is InChI=1S/C15H23F3N2S/c1-2-9-19-10-12-13(15(16,17)18)20-14(21-12)11-7-5-3-4-6-8-11/h11,19H,2-10H2,1H3. The van der Waals surface area contributed by atoms with E-state index < -0.39 is 11.9 Å². The van der Waals surface area contributed by atoms with Crippen molar-refractivity contribution in [3.63, 3.8) is 0 Å². The number of nitrogens with zero attached hydrogens (tertiary/aromatic N) is 1. The summed E-state index contributed by atoms with van der Waals surface area (Å²) >= 11 is 1.26. The van der Waals surface area contributed by atoms with Crippen LogP contribution in [0.5, 0.6) is 0 Å². The average molecular weight is 320 g/mol. The van der Waals surface area contributed by atoms with Gasteiger partial charge in [0.05, 0.1) is 9.88 Å². The van der Waals surface area contributed by atoms with Crippen LogP contribution in [-0.4, -0.2) is 11.5 Å². The molecule has 0 radical (unpaired) electrons. The average Bonchev–Trinajstić information content (AvgIpc) is 2.67. The van der Waals surface area contributed by atoms with Crippen molar-refractivity contribution in [3.05, 3.63) is 15.6 Å². The van der Waals surface area contributed by atoms with Crippen molar-refractivity contribution in [2.45, 2.75) is 70.5 Å². The van der Waals surface area contributed by atoms with Gasteiger partial charge in [0.2, 0.25) is 0 Å². The Labute approximate surface area is 128 Å². The highest BCUT2D eigenvalue weighted by molar-refractivity contribution is 7.11. The van der Waals surface area contributed by atoms with Crippen molar-refractivity contribution in [2.24, 2.45) is 0 Å². The lowest BCUT2D eigenvalue weighted by Crippen LogP contribution is -2.17. The molecule has 0 saturated heterocycles. The Kier molecular flexibility index (Phi) is 6.05. The molecule has 0 unspecified atom stereocenters. The van der Waals surface area contributed by atoms with E-state index in [0.717, 1.165) is 38.6 Å². The van der Waals surface area contributed by atoms with E-state index in [1.807, 2.05) is 6.92 Å². The highest BCUT2D eigenvalue weighted by atomic mass is 32.1. The summed E-state index contributed by atoms with van der Waals surface area (Å²) in [7, 11) is 0. The maximum absolute atomic E-state index is 13.1. The van der Waals surface area contributed by atoms with Gasteiger partial charge in [0.1, 0.15) is 0 Å². The van der Waals surface area contributed by atoms with Gasteiger partial charge >= 0.3 is 6.18 Å². The van der Waals surface area contributed by atoms with Crippen molar-refractivity contribution in [1.82, 2.24) is 10.3 Å². The molecule has 1 saturated carbocycles. The fourth-order valence-corrected chi connectivity index (χ4v) is 4.01. The summed E-state index contributed by atoms with van der Waals surface area (Å²) in [4.78, 5) is 4.32. The Morgan fingerprint density at radius 1 is 1.19 bits per heavy atom. The molecule has 0 aliphatic heterocycles. The smallest absolute Gasteiger partial charge is 0.312 e. The number of thiazole rings is 1. The van der Waals surface area contributed by atoms with E-state index in [-0.39, 0.29) is 12.5 Å². The highest BCUT2D eigenvalue weighted by Gasteiger charge is 2.38. The molecular formula is C15H23F3N2S. The van der Waals surface area contributed by atoms with Crippen LogP contribution in [0.3, 0.4) is 0 Å². The van der Waals surface area contributed by atoms with Gasteiger partial charge < -0.3 is 5.32 Å². The van der Waals surface area contributed by atoms with E-state index in [9.17, 15) is 13.2 Å². The maximum atomic E-state index is 13.1. The zero-order valence-corrected chi connectivity index (χ0v) is 13.2. The zero-order valence-electron chi connectivity index (χ0n) is 12.4. The first-order valence-corrected chi connectivity index (χ1v) is 8.61. The van der Waals surface area contributed by atoms with Crippen LogP contribution in [0.1, 0.15) is 73.4 Å². The summed E-state index contributed by atoms with van der Waals surface area (Å²) in [6.07, 6.45) is 3.12. The topological polar surface area (TPSA) is 24.9 Å². The van der Waals surface area contributed by atoms with Crippen LogP contribution in [-0.2, 0) is 12.7 Å². The molecule has 1 aliphatic rings. The van der Waals surface area contributed by atoms with Crippen molar-refractivity contribution >= 4 is 11.3 Å². The predicted molar refractivity (Wildman–Crippen MR) is 79.6 cm³/mol. The van der Waals surface area contributed by atoms with E-state index in [2.05, 4.69) is 10.3 Å². The lowest BCUT2D eigenvalue weighted by Gasteiger charge is -2.09. The number of halogens is 3. The molecular weight excluding hydrogens is 297 g/mol. The molecule has 21 heavy (non-hydrogen) atoms. The summed E-state index contributed by atoms with van der Waals surface area (Å²) in [5.41, 5.74) is -0.671. The van der Waals surface area contributed by atoms with E-state index in [1.165, 1.54) is 24.2 Å². The summed E-state index contributed by atoms with van der Waals surface area (Å²) in [6.45, 7) is 3.00. The van der Waals surface area contributed by atoms with Crippen molar-refractivity contribution in [2.75, 3.05) is 6.54 Å². The van der Waals surface area contributed by atoms with Gasteiger partial charge in [0, 0.05) is 12.5 Å². The van der Waals surface area contributed by atoms with Gasteiger partial charge in [-0.3, -0.25) is 0 Å². The second kappa shape index (κ2) is 7.58. The van der Waals surface area contributed by atoms with Crippen molar-refractivity contribution in [1.29, 1.82) is 0 Å². The Morgan fingerprint density at radius 2 is 1.86 bits per heavy atom. The van der Waals surface area contributed by atoms with Crippen LogP contribution < -0.4 is 5.32 Å². The van der Waals surface area contributed by atoms with E-state index in [0.29, 0.717) is 9.88 Å². The third kappa shape index (κ3) is 4.68. The fraction of sp³-hybridized carbons (Fsp3) is 0.800. The molecule has 1 aromatic rings. The largest absolute Gasteiger partial charge is 0.434 e. The first-order valence-electron chi connectivity index (χ1n) is 7.80. The third-order valence-electron chi connectivity index (χ3n) is 3.90. The molecule has 1 heterocycles. The first kappa shape index (κ1) is 16.7. The lowest BCUT2D eigenvalue weighted by molar-refractivity contribution is -0.141. The van der Waals surface area contributed by atoms with Gasteiger partial charge in [0.25, 0.3) is 0 Å². The third-order valence-corrected chi connectivity index (χ3v) is 5.12. The molecule has 2 nitrogen and oxygen atoms in total. The first-order chi connectivity index (χ1) is 10.0. The van der Waals surface area contributed by atoms with Gasteiger partial charge in [0.15, 0.2) is 5.69 Å². The van der Waals surface area contributed by atoms with Gasteiger partial charge in [-0.1, -0.05) is 32.6 Å². The SMILES string of the molecule is CCCNCc1sc(C2CCCCCC2)nc1C(F)(F)F. The fourth-order valence-electron chi connectivity index (χ4n) is 2.79. The summed E-state index contributed by atoms with van der Waals surface area (Å²) in [5, 5.41) is 3.76. The van der Waals surface area contributed by atoms with Gasteiger partial charge in [-0.15, -0.1) is 11.3 Å². The van der Waals surface area contributed by atoms with Crippen LogP contribution in [0.2, 0.25) is 0 Å². The lowest BCUT2D eigenvalue weighted by atomic mass is 10.0. The molecule has 120 valence electrons. The maximum Gasteiger partial charge on any atom is 0.434 e. The summed E-state index contributed by atoms with van der Waals surface area (Å²) in [6, 6.07) is 0. The number of alkyl halides is 3. The monoisotopic (exact) mass is 320 g/mol. The molecule has 0 bridgehead atoms. The molecule has 1 aromatic heterocycles. The molecule has 2 rings (SSSR count). The molecule has 1 aliphatic carbocycles.